The lowest BCUT2D eigenvalue weighted by Crippen LogP contribution is -2.39. The van der Waals surface area contributed by atoms with Crippen molar-refractivity contribution in [2.75, 3.05) is 26.3 Å². The first-order chi connectivity index (χ1) is 11.8. The molecule has 140 valence electrons. The molecule has 0 fully saturated rings. The SMILES string of the molecule is CC[C@H](OCP(=O)(O)O)[C@@H](OC)[C@H](OC)n1cnc2c(N)ncnc21. The van der Waals surface area contributed by atoms with Crippen LogP contribution in [0.3, 0.4) is 0 Å². The van der Waals surface area contributed by atoms with Crippen LogP contribution in [0.4, 0.5) is 5.82 Å². The van der Waals surface area contributed by atoms with Gasteiger partial charge in [-0.3, -0.25) is 9.13 Å². The Morgan fingerprint density at radius 1 is 1.28 bits per heavy atom. The molecular weight excluding hydrogens is 353 g/mol. The maximum absolute atomic E-state index is 11.1. The largest absolute Gasteiger partial charge is 0.382 e. The van der Waals surface area contributed by atoms with Crippen molar-refractivity contribution in [1.82, 2.24) is 19.5 Å². The molecule has 4 N–H and O–H groups in total. The van der Waals surface area contributed by atoms with Gasteiger partial charge in [-0.25, -0.2) is 15.0 Å². The molecule has 25 heavy (non-hydrogen) atoms. The normalized spacial score (nSPS) is 16.0. The number of methoxy groups -OCH3 is 2. The summed E-state index contributed by atoms with van der Waals surface area (Å²) in [5.41, 5.74) is 6.66. The summed E-state index contributed by atoms with van der Waals surface area (Å²) in [5, 5.41) is 0. The molecule has 2 heterocycles. The zero-order valence-electron chi connectivity index (χ0n) is 14.1. The highest BCUT2D eigenvalue weighted by molar-refractivity contribution is 7.51. The first-order valence-electron chi connectivity index (χ1n) is 7.47. The molecule has 0 aliphatic rings. The molecule has 2 aromatic rings. The van der Waals surface area contributed by atoms with Gasteiger partial charge in [-0.15, -0.1) is 0 Å². The second kappa shape index (κ2) is 8.17. The van der Waals surface area contributed by atoms with E-state index in [-0.39, 0.29) is 5.82 Å². The topological polar surface area (TPSA) is 155 Å². The van der Waals surface area contributed by atoms with Crippen LogP contribution >= 0.6 is 7.60 Å². The third-order valence-corrected chi connectivity index (χ3v) is 4.17. The third kappa shape index (κ3) is 4.51. The predicted molar refractivity (Wildman–Crippen MR) is 88.7 cm³/mol. The van der Waals surface area contributed by atoms with Crippen LogP contribution in [-0.4, -0.2) is 62.1 Å². The highest BCUT2D eigenvalue weighted by atomic mass is 31.2. The van der Waals surface area contributed by atoms with Crippen molar-refractivity contribution in [2.45, 2.75) is 31.8 Å². The van der Waals surface area contributed by atoms with E-state index in [2.05, 4.69) is 15.0 Å². The highest BCUT2D eigenvalue weighted by Crippen LogP contribution is 2.36. The summed E-state index contributed by atoms with van der Waals surface area (Å²) < 4.78 is 29.1. The van der Waals surface area contributed by atoms with Crippen LogP contribution in [0.5, 0.6) is 0 Å². The van der Waals surface area contributed by atoms with Gasteiger partial charge in [0.15, 0.2) is 17.7 Å². The number of rotatable bonds is 9. The first-order valence-corrected chi connectivity index (χ1v) is 9.26. The minimum atomic E-state index is -4.30. The molecule has 0 aliphatic carbocycles. The number of imidazole rings is 1. The van der Waals surface area contributed by atoms with Crippen molar-refractivity contribution in [3.63, 3.8) is 0 Å². The van der Waals surface area contributed by atoms with Crippen molar-refractivity contribution in [3.8, 4) is 0 Å². The van der Waals surface area contributed by atoms with Crippen molar-refractivity contribution < 1.29 is 28.6 Å². The maximum Gasteiger partial charge on any atom is 0.350 e. The van der Waals surface area contributed by atoms with Gasteiger partial charge in [-0.2, -0.15) is 0 Å². The Morgan fingerprint density at radius 3 is 2.56 bits per heavy atom. The number of hydrogen-bond donors (Lipinski definition) is 3. The molecule has 0 radical (unpaired) electrons. The number of ether oxygens (including phenoxy) is 3. The van der Waals surface area contributed by atoms with E-state index in [0.717, 1.165) is 0 Å². The Bertz CT molecular complexity index is 750. The maximum atomic E-state index is 11.1. The number of anilines is 1. The third-order valence-electron chi connectivity index (χ3n) is 3.68. The molecule has 3 atom stereocenters. The smallest absolute Gasteiger partial charge is 0.350 e. The number of nitrogen functional groups attached to an aromatic ring is 1. The highest BCUT2D eigenvalue weighted by Gasteiger charge is 2.33. The summed E-state index contributed by atoms with van der Waals surface area (Å²) in [5.74, 6) is 0.234. The van der Waals surface area contributed by atoms with Gasteiger partial charge < -0.3 is 29.7 Å². The quantitative estimate of drug-likeness (QED) is 0.528. The molecule has 2 aromatic heterocycles. The lowest BCUT2D eigenvalue weighted by Gasteiger charge is -2.32. The van der Waals surface area contributed by atoms with Crippen molar-refractivity contribution >= 4 is 24.6 Å². The fraction of sp³-hybridized carbons (Fsp3) is 0.615. The second-order valence-electron chi connectivity index (χ2n) is 5.32. The second-order valence-corrected chi connectivity index (χ2v) is 6.90. The molecule has 0 spiro atoms. The van der Waals surface area contributed by atoms with Gasteiger partial charge in [0.2, 0.25) is 0 Å². The fourth-order valence-corrected chi connectivity index (χ4v) is 2.94. The van der Waals surface area contributed by atoms with E-state index in [4.69, 9.17) is 29.7 Å². The summed E-state index contributed by atoms with van der Waals surface area (Å²) in [6, 6.07) is 0. The number of fused-ring (bicyclic) bond motifs is 1. The Balaban J connectivity index is 2.34. The van der Waals surface area contributed by atoms with E-state index in [0.29, 0.717) is 17.6 Å². The molecule has 2 rings (SSSR count). The molecular formula is C13H22N5O6P. The van der Waals surface area contributed by atoms with Crippen molar-refractivity contribution in [3.05, 3.63) is 12.7 Å². The number of aromatic nitrogens is 4. The van der Waals surface area contributed by atoms with Gasteiger partial charge in [0.25, 0.3) is 0 Å². The van der Waals surface area contributed by atoms with Crippen molar-refractivity contribution in [1.29, 1.82) is 0 Å². The van der Waals surface area contributed by atoms with Crippen LogP contribution in [0.1, 0.15) is 19.6 Å². The summed E-state index contributed by atoms with van der Waals surface area (Å²) in [7, 11) is -1.37. The average molecular weight is 375 g/mol. The Morgan fingerprint density at radius 2 is 2.00 bits per heavy atom. The zero-order chi connectivity index (χ0) is 18.6. The molecule has 12 heteroatoms. The molecule has 0 unspecified atom stereocenters. The van der Waals surface area contributed by atoms with Gasteiger partial charge in [-0.05, 0) is 6.42 Å². The average Bonchev–Trinajstić information content (AvgIpc) is 2.98. The van der Waals surface area contributed by atoms with Crippen LogP contribution in [0.25, 0.3) is 11.2 Å². The Kier molecular flexibility index (Phi) is 6.44. The summed E-state index contributed by atoms with van der Waals surface area (Å²) in [6.07, 6.45) is 0.543. The minimum Gasteiger partial charge on any atom is -0.382 e. The predicted octanol–water partition coefficient (Wildman–Crippen LogP) is 0.499. The van der Waals surface area contributed by atoms with E-state index in [1.165, 1.54) is 26.9 Å². The number of nitrogens with zero attached hydrogens (tertiary/aromatic N) is 4. The van der Waals surface area contributed by atoms with Crippen LogP contribution < -0.4 is 5.73 Å². The van der Waals surface area contributed by atoms with Gasteiger partial charge in [-0.1, -0.05) is 6.92 Å². The molecule has 11 nitrogen and oxygen atoms in total. The Hall–Kier alpha value is -1.62. The first kappa shape index (κ1) is 19.7. The van der Waals surface area contributed by atoms with Crippen LogP contribution in [0, 0.1) is 0 Å². The lowest BCUT2D eigenvalue weighted by molar-refractivity contribution is -0.138. The minimum absolute atomic E-state index is 0.234. The molecule has 0 aliphatic heterocycles. The van der Waals surface area contributed by atoms with Crippen LogP contribution in [0.15, 0.2) is 12.7 Å². The van der Waals surface area contributed by atoms with E-state index < -0.39 is 32.4 Å². The standard InChI is InChI=1S/C13H22N5O6P/c1-4-8(24-7-25(19,20)21)10(22-2)13(23-3)18-6-17-9-11(14)15-5-16-12(9)18/h5-6,8,10,13H,4,7H2,1-3H3,(H2,14,15,16)(H2,19,20,21)/t8-,10+,13-/m0/s1. The van der Waals surface area contributed by atoms with Crippen LogP contribution in [-0.2, 0) is 18.8 Å². The van der Waals surface area contributed by atoms with Gasteiger partial charge in [0, 0.05) is 14.2 Å². The fourth-order valence-electron chi connectivity index (χ4n) is 2.55. The zero-order valence-corrected chi connectivity index (χ0v) is 15.0. The van der Waals surface area contributed by atoms with E-state index in [1.54, 1.807) is 4.57 Å². The number of hydrogen-bond acceptors (Lipinski definition) is 8. The van der Waals surface area contributed by atoms with E-state index in [9.17, 15) is 4.57 Å². The Labute approximate surface area is 144 Å². The molecule has 0 amide bonds. The molecule has 0 bridgehead atoms. The summed E-state index contributed by atoms with van der Waals surface area (Å²) in [6.45, 7) is 1.81. The van der Waals surface area contributed by atoms with Crippen molar-refractivity contribution in [2.24, 2.45) is 0 Å². The van der Waals surface area contributed by atoms with Gasteiger partial charge >= 0.3 is 7.60 Å². The van der Waals surface area contributed by atoms with Crippen LogP contribution in [0.2, 0.25) is 0 Å². The van der Waals surface area contributed by atoms with Gasteiger partial charge in [0.05, 0.1) is 12.4 Å². The molecule has 0 saturated heterocycles. The monoisotopic (exact) mass is 375 g/mol. The van der Waals surface area contributed by atoms with E-state index >= 15 is 0 Å². The van der Waals surface area contributed by atoms with Gasteiger partial charge in [0.1, 0.15) is 24.3 Å². The number of nitrogens with two attached hydrogens (primary N) is 1. The summed E-state index contributed by atoms with van der Waals surface area (Å²) in [4.78, 5) is 30.3. The molecule has 0 aromatic carbocycles. The molecule has 0 saturated carbocycles. The summed E-state index contributed by atoms with van der Waals surface area (Å²) >= 11 is 0. The van der Waals surface area contributed by atoms with E-state index in [1.807, 2.05) is 6.92 Å². The lowest BCUT2D eigenvalue weighted by atomic mass is 10.1.